The summed E-state index contributed by atoms with van der Waals surface area (Å²) in [5.74, 6) is 0. The second kappa shape index (κ2) is 5.29. The van der Waals surface area contributed by atoms with Crippen molar-refractivity contribution >= 4 is 0 Å². The summed E-state index contributed by atoms with van der Waals surface area (Å²) in [5, 5.41) is 4.29. The molecule has 1 aromatic carbocycles. The van der Waals surface area contributed by atoms with Gasteiger partial charge in [0.15, 0.2) is 0 Å². The summed E-state index contributed by atoms with van der Waals surface area (Å²) in [4.78, 5) is 6.43. The van der Waals surface area contributed by atoms with Crippen LogP contribution in [0.4, 0.5) is 0 Å². The van der Waals surface area contributed by atoms with E-state index in [1.165, 1.54) is 5.56 Å². The molecule has 1 aromatic heterocycles. The highest BCUT2D eigenvalue weighted by molar-refractivity contribution is 5.19. The molecule has 0 amide bonds. The van der Waals surface area contributed by atoms with Gasteiger partial charge in [0.05, 0.1) is 13.2 Å². The minimum absolute atomic E-state index is 0.109. The number of aromatic nitrogens is 3. The third kappa shape index (κ3) is 2.27. The van der Waals surface area contributed by atoms with E-state index in [2.05, 4.69) is 39.2 Å². The molecule has 1 aliphatic rings. The number of morpholine rings is 1. The molecular formula is C13H16N4O. The van der Waals surface area contributed by atoms with Crippen molar-refractivity contribution in [2.45, 2.75) is 6.17 Å². The van der Waals surface area contributed by atoms with Crippen LogP contribution in [0.3, 0.4) is 0 Å². The molecular weight excluding hydrogens is 228 g/mol. The van der Waals surface area contributed by atoms with Gasteiger partial charge in [0.1, 0.15) is 18.8 Å². The highest BCUT2D eigenvalue weighted by Gasteiger charge is 2.24. The summed E-state index contributed by atoms with van der Waals surface area (Å²) in [7, 11) is 0. The first-order valence-corrected chi connectivity index (χ1v) is 6.16. The molecule has 0 aliphatic carbocycles. The lowest BCUT2D eigenvalue weighted by Gasteiger charge is -2.34. The molecule has 1 aliphatic heterocycles. The van der Waals surface area contributed by atoms with E-state index in [1.54, 1.807) is 12.7 Å². The van der Waals surface area contributed by atoms with Crippen molar-refractivity contribution in [1.82, 2.24) is 19.7 Å². The first kappa shape index (κ1) is 11.4. The molecule has 0 bridgehead atoms. The van der Waals surface area contributed by atoms with Gasteiger partial charge in [-0.25, -0.2) is 9.67 Å². The van der Waals surface area contributed by atoms with Crippen molar-refractivity contribution in [2.24, 2.45) is 0 Å². The largest absolute Gasteiger partial charge is 0.379 e. The SMILES string of the molecule is c1ccc(C(N2CCOCC2)n2cncn2)cc1. The minimum Gasteiger partial charge on any atom is -0.379 e. The average Bonchev–Trinajstić information content (AvgIpc) is 2.95. The molecule has 2 aromatic rings. The van der Waals surface area contributed by atoms with Gasteiger partial charge < -0.3 is 4.74 Å². The third-order valence-electron chi connectivity index (χ3n) is 3.18. The van der Waals surface area contributed by atoms with Crippen LogP contribution in [-0.4, -0.2) is 46.0 Å². The average molecular weight is 244 g/mol. The molecule has 5 nitrogen and oxygen atoms in total. The van der Waals surface area contributed by atoms with Crippen LogP contribution < -0.4 is 0 Å². The Morgan fingerprint density at radius 2 is 1.89 bits per heavy atom. The lowest BCUT2D eigenvalue weighted by atomic mass is 10.1. The highest BCUT2D eigenvalue weighted by Crippen LogP contribution is 2.22. The second-order valence-corrected chi connectivity index (χ2v) is 4.31. The molecule has 0 N–H and O–H groups in total. The quantitative estimate of drug-likeness (QED) is 0.812. The number of benzene rings is 1. The van der Waals surface area contributed by atoms with Crippen molar-refractivity contribution in [3.05, 3.63) is 48.5 Å². The Bertz CT molecular complexity index is 465. The number of ether oxygens (including phenoxy) is 1. The number of hydrogen-bond donors (Lipinski definition) is 0. The van der Waals surface area contributed by atoms with Gasteiger partial charge in [-0.15, -0.1) is 0 Å². The van der Waals surface area contributed by atoms with Crippen LogP contribution >= 0.6 is 0 Å². The maximum Gasteiger partial charge on any atom is 0.137 e. The zero-order valence-corrected chi connectivity index (χ0v) is 10.1. The van der Waals surface area contributed by atoms with Crippen LogP contribution in [0.15, 0.2) is 43.0 Å². The molecule has 1 unspecified atom stereocenters. The molecule has 0 radical (unpaired) electrons. The molecule has 0 spiro atoms. The first-order valence-electron chi connectivity index (χ1n) is 6.16. The fourth-order valence-electron chi connectivity index (χ4n) is 2.32. The molecule has 2 heterocycles. The van der Waals surface area contributed by atoms with Gasteiger partial charge in [0.25, 0.3) is 0 Å². The highest BCUT2D eigenvalue weighted by atomic mass is 16.5. The fourth-order valence-corrected chi connectivity index (χ4v) is 2.32. The topological polar surface area (TPSA) is 43.2 Å². The van der Waals surface area contributed by atoms with Crippen LogP contribution in [0.5, 0.6) is 0 Å². The summed E-state index contributed by atoms with van der Waals surface area (Å²) in [6.45, 7) is 3.38. The molecule has 94 valence electrons. The molecule has 1 saturated heterocycles. The molecule has 1 fully saturated rings. The molecule has 3 rings (SSSR count). The number of hydrogen-bond acceptors (Lipinski definition) is 4. The van der Waals surface area contributed by atoms with Gasteiger partial charge in [0, 0.05) is 13.1 Å². The van der Waals surface area contributed by atoms with Crippen LogP contribution in [0.25, 0.3) is 0 Å². The van der Waals surface area contributed by atoms with Gasteiger partial charge in [-0.1, -0.05) is 30.3 Å². The molecule has 1 atom stereocenters. The smallest absolute Gasteiger partial charge is 0.137 e. The maximum absolute atomic E-state index is 5.42. The summed E-state index contributed by atoms with van der Waals surface area (Å²) >= 11 is 0. The Hall–Kier alpha value is -1.72. The van der Waals surface area contributed by atoms with E-state index >= 15 is 0 Å². The van der Waals surface area contributed by atoms with Gasteiger partial charge in [0.2, 0.25) is 0 Å². The Kier molecular flexibility index (Phi) is 3.34. The fraction of sp³-hybridized carbons (Fsp3) is 0.385. The Morgan fingerprint density at radius 3 is 2.56 bits per heavy atom. The van der Waals surface area contributed by atoms with Crippen LogP contribution in [0.2, 0.25) is 0 Å². The predicted octanol–water partition coefficient (Wildman–Crippen LogP) is 1.16. The minimum atomic E-state index is 0.109. The van der Waals surface area contributed by atoms with Crippen molar-refractivity contribution in [2.75, 3.05) is 26.3 Å². The zero-order chi connectivity index (χ0) is 12.2. The summed E-state index contributed by atoms with van der Waals surface area (Å²) in [6, 6.07) is 10.4. The normalized spacial score (nSPS) is 18.7. The van der Waals surface area contributed by atoms with E-state index in [1.807, 2.05) is 10.7 Å². The van der Waals surface area contributed by atoms with E-state index in [0.29, 0.717) is 0 Å². The van der Waals surface area contributed by atoms with Gasteiger partial charge in [-0.05, 0) is 5.56 Å². The second-order valence-electron chi connectivity index (χ2n) is 4.31. The lowest BCUT2D eigenvalue weighted by molar-refractivity contribution is 0.00642. The van der Waals surface area contributed by atoms with Crippen molar-refractivity contribution < 1.29 is 4.74 Å². The zero-order valence-electron chi connectivity index (χ0n) is 10.1. The summed E-state index contributed by atoms with van der Waals surface area (Å²) in [5.41, 5.74) is 1.23. The lowest BCUT2D eigenvalue weighted by Crippen LogP contribution is -2.42. The van der Waals surface area contributed by atoms with Crippen molar-refractivity contribution in [1.29, 1.82) is 0 Å². The third-order valence-corrected chi connectivity index (χ3v) is 3.18. The van der Waals surface area contributed by atoms with Crippen molar-refractivity contribution in [3.8, 4) is 0 Å². The molecule has 5 heteroatoms. The Labute approximate surface area is 106 Å². The van der Waals surface area contributed by atoms with Gasteiger partial charge >= 0.3 is 0 Å². The van der Waals surface area contributed by atoms with E-state index in [4.69, 9.17) is 4.74 Å². The van der Waals surface area contributed by atoms with Crippen molar-refractivity contribution in [3.63, 3.8) is 0 Å². The summed E-state index contributed by atoms with van der Waals surface area (Å²) in [6.07, 6.45) is 3.46. The van der Waals surface area contributed by atoms with E-state index in [9.17, 15) is 0 Å². The monoisotopic (exact) mass is 244 g/mol. The van der Waals surface area contributed by atoms with Gasteiger partial charge in [-0.3, -0.25) is 4.90 Å². The van der Waals surface area contributed by atoms with E-state index < -0.39 is 0 Å². The number of rotatable bonds is 3. The van der Waals surface area contributed by atoms with Crippen LogP contribution in [-0.2, 0) is 4.74 Å². The van der Waals surface area contributed by atoms with Gasteiger partial charge in [-0.2, -0.15) is 5.10 Å². The van der Waals surface area contributed by atoms with E-state index in [-0.39, 0.29) is 6.17 Å². The predicted molar refractivity (Wildman–Crippen MR) is 67.0 cm³/mol. The van der Waals surface area contributed by atoms with E-state index in [0.717, 1.165) is 26.3 Å². The number of nitrogens with zero attached hydrogens (tertiary/aromatic N) is 4. The Morgan fingerprint density at radius 1 is 1.11 bits per heavy atom. The van der Waals surface area contributed by atoms with Crippen LogP contribution in [0, 0.1) is 0 Å². The Balaban J connectivity index is 1.93. The molecule has 18 heavy (non-hydrogen) atoms. The first-order chi connectivity index (χ1) is 8.95. The molecule has 0 saturated carbocycles. The van der Waals surface area contributed by atoms with Crippen LogP contribution in [0.1, 0.15) is 11.7 Å². The summed E-state index contributed by atoms with van der Waals surface area (Å²) < 4.78 is 7.32. The standard InChI is InChI=1S/C13H16N4O/c1-2-4-12(5-3-1)13(17-11-14-10-15-17)16-6-8-18-9-7-16/h1-5,10-11,13H,6-9H2. The maximum atomic E-state index is 5.42.